The van der Waals surface area contributed by atoms with Crippen LogP contribution in [0, 0.1) is 0 Å². The van der Waals surface area contributed by atoms with Crippen molar-refractivity contribution in [2.75, 3.05) is 20.8 Å². The fraction of sp³-hybridized carbons (Fsp3) is 0.333. The molecule has 8 heteroatoms. The fourth-order valence-corrected chi connectivity index (χ4v) is 1.81. The molecule has 1 rings (SSSR count). The lowest BCUT2D eigenvalue weighted by Crippen LogP contribution is -2.19. The standard InChI is InChI=1S/C15H15F3O5/c1-9(19)14-10(11(21-2)5-6-12(14)22-3)4-7-13(20)23-8-15(16,17)18/h4-7H,8H2,1-3H3/b7-4+. The van der Waals surface area contributed by atoms with Crippen LogP contribution in [0.4, 0.5) is 13.2 Å². The molecule has 5 nitrogen and oxygen atoms in total. The molecule has 23 heavy (non-hydrogen) atoms. The summed E-state index contributed by atoms with van der Waals surface area (Å²) in [7, 11) is 2.71. The third kappa shape index (κ3) is 5.32. The summed E-state index contributed by atoms with van der Waals surface area (Å²) in [5.41, 5.74) is 0.357. The second kappa shape index (κ2) is 7.66. The van der Waals surface area contributed by atoms with Crippen LogP contribution in [0.3, 0.4) is 0 Å². The molecule has 0 atom stereocenters. The molecule has 0 aliphatic heterocycles. The smallest absolute Gasteiger partial charge is 0.422 e. The van der Waals surface area contributed by atoms with Gasteiger partial charge in [0, 0.05) is 11.6 Å². The van der Waals surface area contributed by atoms with Crippen molar-refractivity contribution in [3.63, 3.8) is 0 Å². The molecule has 0 amide bonds. The van der Waals surface area contributed by atoms with E-state index in [1.807, 2.05) is 0 Å². The first-order valence-corrected chi connectivity index (χ1v) is 6.37. The summed E-state index contributed by atoms with van der Waals surface area (Å²) in [6, 6.07) is 3.01. The molecular weight excluding hydrogens is 317 g/mol. The third-order valence-corrected chi connectivity index (χ3v) is 2.72. The predicted octanol–water partition coefficient (Wildman–Crippen LogP) is 3.03. The molecule has 0 unspecified atom stereocenters. The average Bonchev–Trinajstić information content (AvgIpc) is 2.48. The van der Waals surface area contributed by atoms with Gasteiger partial charge in [-0.15, -0.1) is 0 Å². The number of carbonyl (C=O) groups is 2. The lowest BCUT2D eigenvalue weighted by Gasteiger charge is -2.13. The van der Waals surface area contributed by atoms with Gasteiger partial charge in [0.25, 0.3) is 0 Å². The summed E-state index contributed by atoms with van der Waals surface area (Å²) in [4.78, 5) is 23.1. The Balaban J connectivity index is 3.13. The Bertz CT molecular complexity index is 620. The third-order valence-electron chi connectivity index (χ3n) is 2.72. The molecule has 1 aromatic rings. The Kier molecular flexibility index (Phi) is 6.18. The van der Waals surface area contributed by atoms with E-state index in [1.54, 1.807) is 0 Å². The van der Waals surface area contributed by atoms with Crippen LogP contribution in [0.1, 0.15) is 22.8 Å². The van der Waals surface area contributed by atoms with Crippen LogP contribution < -0.4 is 9.47 Å². The molecule has 0 saturated carbocycles. The van der Waals surface area contributed by atoms with Crippen molar-refractivity contribution in [1.29, 1.82) is 0 Å². The molecule has 0 aliphatic rings. The Hall–Kier alpha value is -2.51. The molecule has 0 spiro atoms. The van der Waals surface area contributed by atoms with Crippen molar-refractivity contribution in [2.24, 2.45) is 0 Å². The van der Waals surface area contributed by atoms with Gasteiger partial charge >= 0.3 is 12.1 Å². The second-order valence-corrected chi connectivity index (χ2v) is 4.37. The first-order chi connectivity index (χ1) is 10.7. The van der Waals surface area contributed by atoms with E-state index in [2.05, 4.69) is 4.74 Å². The molecule has 1 aromatic carbocycles. The summed E-state index contributed by atoms with van der Waals surface area (Å²) in [6.07, 6.45) is -2.67. The number of carbonyl (C=O) groups excluding carboxylic acids is 2. The summed E-state index contributed by atoms with van der Waals surface area (Å²) >= 11 is 0. The van der Waals surface area contributed by atoms with Gasteiger partial charge in [-0.3, -0.25) is 4.79 Å². The van der Waals surface area contributed by atoms with E-state index < -0.39 is 18.8 Å². The van der Waals surface area contributed by atoms with E-state index in [1.165, 1.54) is 33.3 Å². The largest absolute Gasteiger partial charge is 0.496 e. The Morgan fingerprint density at radius 1 is 1.13 bits per heavy atom. The van der Waals surface area contributed by atoms with E-state index in [-0.39, 0.29) is 28.4 Å². The number of hydrogen-bond donors (Lipinski definition) is 0. The number of Topliss-reactive ketones (excluding diaryl/α,β-unsaturated/α-hetero) is 1. The first-order valence-electron chi connectivity index (χ1n) is 6.37. The monoisotopic (exact) mass is 332 g/mol. The van der Waals surface area contributed by atoms with Crippen LogP contribution in [-0.2, 0) is 9.53 Å². The highest BCUT2D eigenvalue weighted by Gasteiger charge is 2.29. The van der Waals surface area contributed by atoms with Gasteiger partial charge in [0.15, 0.2) is 12.4 Å². The molecule has 0 aliphatic carbocycles. The van der Waals surface area contributed by atoms with E-state index >= 15 is 0 Å². The summed E-state index contributed by atoms with van der Waals surface area (Å²) in [5, 5.41) is 0. The first kappa shape index (κ1) is 18.5. The number of rotatable bonds is 6. The minimum Gasteiger partial charge on any atom is -0.496 e. The number of hydrogen-bond acceptors (Lipinski definition) is 5. The van der Waals surface area contributed by atoms with E-state index in [9.17, 15) is 22.8 Å². The number of halogens is 3. The van der Waals surface area contributed by atoms with Crippen LogP contribution in [0.15, 0.2) is 18.2 Å². The molecule has 0 saturated heterocycles. The predicted molar refractivity (Wildman–Crippen MR) is 75.6 cm³/mol. The van der Waals surface area contributed by atoms with Crippen molar-refractivity contribution < 1.29 is 37.0 Å². The quantitative estimate of drug-likeness (QED) is 0.455. The van der Waals surface area contributed by atoms with Crippen LogP contribution in [0.5, 0.6) is 11.5 Å². The van der Waals surface area contributed by atoms with E-state index in [4.69, 9.17) is 9.47 Å². The molecule has 0 bridgehead atoms. The zero-order valence-corrected chi connectivity index (χ0v) is 12.7. The number of ether oxygens (including phenoxy) is 3. The molecular formula is C15H15F3O5. The molecule has 126 valence electrons. The highest BCUT2D eigenvalue weighted by Crippen LogP contribution is 2.32. The molecule has 0 aromatic heterocycles. The highest BCUT2D eigenvalue weighted by atomic mass is 19.4. The minimum atomic E-state index is -4.61. The van der Waals surface area contributed by atoms with Gasteiger partial charge in [0.2, 0.25) is 0 Å². The lowest BCUT2D eigenvalue weighted by molar-refractivity contribution is -0.182. The van der Waals surface area contributed by atoms with Crippen LogP contribution >= 0.6 is 0 Å². The van der Waals surface area contributed by atoms with Gasteiger partial charge in [0.05, 0.1) is 19.8 Å². The Labute approximate surface area is 130 Å². The van der Waals surface area contributed by atoms with E-state index in [0.717, 1.165) is 12.2 Å². The summed E-state index contributed by atoms with van der Waals surface area (Å²) < 4.78 is 50.2. The topological polar surface area (TPSA) is 61.8 Å². The number of esters is 1. The highest BCUT2D eigenvalue weighted by molar-refractivity contribution is 6.02. The minimum absolute atomic E-state index is 0.145. The van der Waals surface area contributed by atoms with Gasteiger partial charge in [-0.25, -0.2) is 4.79 Å². The van der Waals surface area contributed by atoms with Crippen molar-refractivity contribution in [1.82, 2.24) is 0 Å². The lowest BCUT2D eigenvalue weighted by atomic mass is 10.0. The SMILES string of the molecule is COc1ccc(OC)c(C(C)=O)c1/C=C/C(=O)OCC(F)(F)F. The Morgan fingerprint density at radius 2 is 1.70 bits per heavy atom. The second-order valence-electron chi connectivity index (χ2n) is 4.37. The Morgan fingerprint density at radius 3 is 2.17 bits per heavy atom. The zero-order chi connectivity index (χ0) is 17.6. The van der Waals surface area contributed by atoms with Crippen LogP contribution in [0.25, 0.3) is 6.08 Å². The van der Waals surface area contributed by atoms with Gasteiger partial charge in [-0.1, -0.05) is 0 Å². The van der Waals surface area contributed by atoms with E-state index in [0.29, 0.717) is 0 Å². The fourth-order valence-electron chi connectivity index (χ4n) is 1.81. The van der Waals surface area contributed by atoms with Crippen molar-refractivity contribution >= 4 is 17.8 Å². The molecule has 0 heterocycles. The maximum atomic E-state index is 12.0. The number of benzene rings is 1. The van der Waals surface area contributed by atoms with Gasteiger partial charge in [-0.05, 0) is 25.1 Å². The normalized spacial score (nSPS) is 11.4. The van der Waals surface area contributed by atoms with Gasteiger partial charge in [-0.2, -0.15) is 13.2 Å². The number of ketones is 1. The summed E-state index contributed by atoms with van der Waals surface area (Å²) in [5.74, 6) is -1.04. The number of methoxy groups -OCH3 is 2. The number of alkyl halides is 3. The van der Waals surface area contributed by atoms with Crippen molar-refractivity contribution in [3.05, 3.63) is 29.3 Å². The van der Waals surface area contributed by atoms with Crippen molar-refractivity contribution in [3.8, 4) is 11.5 Å². The van der Waals surface area contributed by atoms with Crippen molar-refractivity contribution in [2.45, 2.75) is 13.1 Å². The van der Waals surface area contributed by atoms with Crippen LogP contribution in [-0.4, -0.2) is 38.8 Å². The van der Waals surface area contributed by atoms with Crippen LogP contribution in [0.2, 0.25) is 0 Å². The molecule has 0 N–H and O–H groups in total. The maximum absolute atomic E-state index is 12.0. The maximum Gasteiger partial charge on any atom is 0.422 e. The summed E-state index contributed by atoms with van der Waals surface area (Å²) in [6.45, 7) is -0.401. The van der Waals surface area contributed by atoms with Gasteiger partial charge < -0.3 is 14.2 Å². The molecule has 0 fully saturated rings. The van der Waals surface area contributed by atoms with Gasteiger partial charge in [0.1, 0.15) is 11.5 Å². The zero-order valence-electron chi connectivity index (χ0n) is 12.7. The average molecular weight is 332 g/mol. The molecule has 0 radical (unpaired) electrons.